The van der Waals surface area contributed by atoms with Crippen LogP contribution in [0, 0.1) is 0 Å². The summed E-state index contributed by atoms with van der Waals surface area (Å²) in [6, 6.07) is 7.65. The minimum absolute atomic E-state index is 0.0558. The van der Waals surface area contributed by atoms with Crippen molar-refractivity contribution in [1.29, 1.82) is 0 Å². The fourth-order valence-electron chi connectivity index (χ4n) is 2.46. The highest BCUT2D eigenvalue weighted by molar-refractivity contribution is 9.10. The van der Waals surface area contributed by atoms with Crippen molar-refractivity contribution in [3.8, 4) is 5.75 Å². The Morgan fingerprint density at radius 2 is 2.20 bits per heavy atom. The lowest BCUT2D eigenvalue weighted by Crippen LogP contribution is -2.53. The van der Waals surface area contributed by atoms with Gasteiger partial charge in [0.25, 0.3) is 0 Å². The van der Waals surface area contributed by atoms with Crippen LogP contribution in [0.5, 0.6) is 5.75 Å². The lowest BCUT2D eigenvalue weighted by atomic mass is 9.98. The summed E-state index contributed by atoms with van der Waals surface area (Å²) in [4.78, 5) is 12.1. The molecule has 0 spiro atoms. The maximum atomic E-state index is 12.1. The normalized spacial score (nSPS) is 18.6. The van der Waals surface area contributed by atoms with Crippen LogP contribution >= 0.6 is 15.9 Å². The van der Waals surface area contributed by atoms with Crippen LogP contribution in [-0.4, -0.2) is 24.1 Å². The topological polar surface area (TPSA) is 64.4 Å². The van der Waals surface area contributed by atoms with Gasteiger partial charge in [-0.3, -0.25) is 4.79 Å². The van der Waals surface area contributed by atoms with E-state index in [-0.39, 0.29) is 12.0 Å². The molecular formula is C15H21BrN2O2. The van der Waals surface area contributed by atoms with Crippen molar-refractivity contribution in [1.82, 2.24) is 5.32 Å². The van der Waals surface area contributed by atoms with Crippen LogP contribution in [0.15, 0.2) is 28.7 Å². The third kappa shape index (κ3) is 3.96. The van der Waals surface area contributed by atoms with Crippen molar-refractivity contribution in [3.63, 3.8) is 0 Å². The van der Waals surface area contributed by atoms with Gasteiger partial charge in [0.2, 0.25) is 5.91 Å². The van der Waals surface area contributed by atoms with Crippen molar-refractivity contribution in [2.75, 3.05) is 6.54 Å². The molecule has 110 valence electrons. The number of hydrogen-bond acceptors (Lipinski definition) is 3. The molecule has 1 fully saturated rings. The first-order chi connectivity index (χ1) is 9.49. The molecule has 4 nitrogen and oxygen atoms in total. The molecule has 2 rings (SSSR count). The Hall–Kier alpha value is -1.07. The molecule has 0 aliphatic heterocycles. The molecular weight excluding hydrogens is 320 g/mol. The van der Waals surface area contributed by atoms with E-state index < -0.39 is 5.54 Å². The molecule has 20 heavy (non-hydrogen) atoms. The molecule has 1 aliphatic rings. The Bertz CT molecular complexity index is 473. The van der Waals surface area contributed by atoms with Gasteiger partial charge in [0.15, 0.2) is 0 Å². The predicted octanol–water partition coefficient (Wildman–Crippen LogP) is 2.60. The number of hydrogen-bond donors (Lipinski definition) is 2. The number of nitrogens with one attached hydrogen (secondary N) is 1. The van der Waals surface area contributed by atoms with Crippen LogP contribution in [0.1, 0.15) is 32.6 Å². The molecule has 0 radical (unpaired) electrons. The third-order valence-corrected chi connectivity index (χ3v) is 4.12. The Morgan fingerprint density at radius 3 is 2.85 bits per heavy atom. The standard InChI is InChI=1S/C15H21BrN2O2/c1-11(20-13-6-4-5-12(16)9-13)10-18-14(19)15(17)7-2-3-8-15/h4-6,9,11H,2-3,7-8,10,17H2,1H3,(H,18,19). The van der Waals surface area contributed by atoms with Crippen molar-refractivity contribution in [2.24, 2.45) is 5.73 Å². The van der Waals surface area contributed by atoms with Gasteiger partial charge in [0, 0.05) is 4.47 Å². The van der Waals surface area contributed by atoms with Crippen LogP contribution < -0.4 is 15.8 Å². The van der Waals surface area contributed by atoms with E-state index in [9.17, 15) is 4.79 Å². The van der Waals surface area contributed by atoms with Crippen LogP contribution in [0.3, 0.4) is 0 Å². The van der Waals surface area contributed by atoms with Gasteiger partial charge in [-0.15, -0.1) is 0 Å². The van der Waals surface area contributed by atoms with E-state index in [0.29, 0.717) is 6.54 Å². The van der Waals surface area contributed by atoms with Gasteiger partial charge in [-0.05, 0) is 38.0 Å². The largest absolute Gasteiger partial charge is 0.489 e. The van der Waals surface area contributed by atoms with E-state index >= 15 is 0 Å². The smallest absolute Gasteiger partial charge is 0.240 e. The summed E-state index contributed by atoms with van der Waals surface area (Å²) in [7, 11) is 0. The molecule has 1 amide bonds. The van der Waals surface area contributed by atoms with Crippen LogP contribution in [0.2, 0.25) is 0 Å². The Kier molecular flexibility index (Phi) is 5.05. The number of nitrogens with two attached hydrogens (primary N) is 1. The van der Waals surface area contributed by atoms with E-state index in [0.717, 1.165) is 35.9 Å². The molecule has 1 aliphatic carbocycles. The zero-order valence-corrected chi connectivity index (χ0v) is 13.3. The molecule has 0 bridgehead atoms. The highest BCUT2D eigenvalue weighted by Crippen LogP contribution is 2.27. The van der Waals surface area contributed by atoms with E-state index in [1.807, 2.05) is 31.2 Å². The summed E-state index contributed by atoms with van der Waals surface area (Å²) in [6.45, 7) is 2.39. The summed E-state index contributed by atoms with van der Waals surface area (Å²) < 4.78 is 6.73. The van der Waals surface area contributed by atoms with E-state index in [1.165, 1.54) is 0 Å². The van der Waals surface area contributed by atoms with Gasteiger partial charge in [-0.2, -0.15) is 0 Å². The lowest BCUT2D eigenvalue weighted by molar-refractivity contribution is -0.126. The fourth-order valence-corrected chi connectivity index (χ4v) is 2.84. The summed E-state index contributed by atoms with van der Waals surface area (Å²) in [5.74, 6) is 0.726. The SMILES string of the molecule is CC(CNC(=O)C1(N)CCCC1)Oc1cccc(Br)c1. The summed E-state index contributed by atoms with van der Waals surface area (Å²) in [6.07, 6.45) is 3.53. The maximum Gasteiger partial charge on any atom is 0.240 e. The molecule has 0 aromatic heterocycles. The first-order valence-electron chi connectivity index (χ1n) is 6.99. The molecule has 1 saturated carbocycles. The Balaban J connectivity index is 1.80. The molecule has 5 heteroatoms. The Labute approximate surface area is 128 Å². The average Bonchev–Trinajstić information content (AvgIpc) is 2.84. The molecule has 1 atom stereocenters. The van der Waals surface area contributed by atoms with Crippen molar-refractivity contribution >= 4 is 21.8 Å². The second kappa shape index (κ2) is 6.59. The number of amides is 1. The second-order valence-electron chi connectivity index (χ2n) is 5.46. The van der Waals surface area contributed by atoms with Crippen LogP contribution in [-0.2, 0) is 4.79 Å². The molecule has 3 N–H and O–H groups in total. The number of halogens is 1. The minimum Gasteiger partial charge on any atom is -0.489 e. The van der Waals surface area contributed by atoms with Crippen molar-refractivity contribution < 1.29 is 9.53 Å². The minimum atomic E-state index is -0.671. The Morgan fingerprint density at radius 1 is 1.50 bits per heavy atom. The molecule has 0 heterocycles. The first kappa shape index (κ1) is 15.3. The second-order valence-corrected chi connectivity index (χ2v) is 6.37. The number of benzene rings is 1. The maximum absolute atomic E-state index is 12.1. The third-order valence-electron chi connectivity index (χ3n) is 3.63. The number of carbonyl (C=O) groups excluding carboxylic acids is 1. The van der Waals surface area contributed by atoms with Gasteiger partial charge in [0.1, 0.15) is 11.9 Å². The average molecular weight is 341 g/mol. The van der Waals surface area contributed by atoms with E-state index in [4.69, 9.17) is 10.5 Å². The van der Waals surface area contributed by atoms with E-state index in [1.54, 1.807) is 0 Å². The van der Waals surface area contributed by atoms with Gasteiger partial charge in [-0.1, -0.05) is 34.8 Å². The predicted molar refractivity (Wildman–Crippen MR) is 82.6 cm³/mol. The van der Waals surface area contributed by atoms with E-state index in [2.05, 4.69) is 21.2 Å². The molecule has 1 aromatic carbocycles. The van der Waals surface area contributed by atoms with Gasteiger partial charge >= 0.3 is 0 Å². The van der Waals surface area contributed by atoms with Crippen molar-refractivity contribution in [3.05, 3.63) is 28.7 Å². The summed E-state index contributed by atoms with van der Waals surface area (Å²) in [5.41, 5.74) is 5.43. The van der Waals surface area contributed by atoms with Crippen molar-refractivity contribution in [2.45, 2.75) is 44.2 Å². The number of rotatable bonds is 5. The highest BCUT2D eigenvalue weighted by atomic mass is 79.9. The fraction of sp³-hybridized carbons (Fsp3) is 0.533. The van der Waals surface area contributed by atoms with Gasteiger partial charge < -0.3 is 15.8 Å². The quantitative estimate of drug-likeness (QED) is 0.865. The molecule has 0 saturated heterocycles. The number of carbonyl (C=O) groups is 1. The van der Waals surface area contributed by atoms with Gasteiger partial charge in [0.05, 0.1) is 12.1 Å². The number of ether oxygens (including phenoxy) is 1. The summed E-state index contributed by atoms with van der Waals surface area (Å²) in [5, 5.41) is 2.90. The first-order valence-corrected chi connectivity index (χ1v) is 7.78. The van der Waals surface area contributed by atoms with Gasteiger partial charge in [-0.25, -0.2) is 0 Å². The monoisotopic (exact) mass is 340 g/mol. The molecule has 1 unspecified atom stereocenters. The highest BCUT2D eigenvalue weighted by Gasteiger charge is 2.36. The zero-order valence-electron chi connectivity index (χ0n) is 11.7. The lowest BCUT2D eigenvalue weighted by Gasteiger charge is -2.24. The van der Waals surface area contributed by atoms with Crippen LogP contribution in [0.4, 0.5) is 0 Å². The summed E-state index contributed by atoms with van der Waals surface area (Å²) >= 11 is 3.40. The van der Waals surface area contributed by atoms with Crippen LogP contribution in [0.25, 0.3) is 0 Å². The zero-order chi connectivity index (χ0) is 14.6. The molecule has 1 aromatic rings.